The smallest absolute Gasteiger partial charge is 0.293 e. The first-order valence-corrected chi connectivity index (χ1v) is 13.1. The van der Waals surface area contributed by atoms with Gasteiger partial charge in [-0.2, -0.15) is 17.0 Å². The van der Waals surface area contributed by atoms with Crippen LogP contribution < -0.4 is 5.32 Å². The molecule has 0 unspecified atom stereocenters. The van der Waals surface area contributed by atoms with Crippen molar-refractivity contribution in [2.75, 3.05) is 32.5 Å². The number of likely N-dealkylation sites (N-methyl/N-ethyl adjacent to an activating group) is 2. The van der Waals surface area contributed by atoms with E-state index in [-0.39, 0.29) is 17.6 Å². The number of benzene rings is 1. The first kappa shape index (κ1) is 23.0. The van der Waals surface area contributed by atoms with Crippen molar-refractivity contribution >= 4 is 33.1 Å². The highest BCUT2D eigenvalue weighted by atomic mass is 32.2. The van der Waals surface area contributed by atoms with E-state index >= 15 is 0 Å². The molecule has 1 aromatic carbocycles. The molecule has 9 heteroatoms. The van der Waals surface area contributed by atoms with Crippen molar-refractivity contribution in [3.05, 3.63) is 58.7 Å². The number of carbonyl (C=O) groups excluding carboxylic acids is 1. The molecule has 1 saturated carbocycles. The third-order valence-corrected chi connectivity index (χ3v) is 9.49. The Kier molecular flexibility index (Phi) is 5.71. The van der Waals surface area contributed by atoms with Gasteiger partial charge in [0.25, 0.3) is 21.9 Å². The number of aliphatic imine (C=N–C) groups is 1. The van der Waals surface area contributed by atoms with E-state index in [4.69, 9.17) is 6.57 Å². The Balaban J connectivity index is 1.45. The van der Waals surface area contributed by atoms with Crippen molar-refractivity contribution in [1.82, 2.24) is 8.61 Å². The summed E-state index contributed by atoms with van der Waals surface area (Å²) in [4.78, 5) is 20.3. The summed E-state index contributed by atoms with van der Waals surface area (Å²) in [5, 5.41) is 3.03. The van der Waals surface area contributed by atoms with Crippen LogP contribution in [0.15, 0.2) is 41.2 Å². The summed E-state index contributed by atoms with van der Waals surface area (Å²) >= 11 is 0. The highest BCUT2D eigenvalue weighted by molar-refractivity contribution is 7.86. The van der Waals surface area contributed by atoms with Crippen LogP contribution in [0.25, 0.3) is 10.4 Å². The van der Waals surface area contributed by atoms with Crippen molar-refractivity contribution in [2.24, 2.45) is 10.4 Å². The van der Waals surface area contributed by atoms with Crippen LogP contribution in [-0.4, -0.2) is 55.8 Å². The van der Waals surface area contributed by atoms with Crippen LogP contribution in [0, 0.1) is 12.0 Å². The monoisotopic (exact) mass is 479 g/mol. The number of rotatable bonds is 4. The topological polar surface area (TPSA) is 86.4 Å². The molecular formula is C25H29N5O3S. The van der Waals surface area contributed by atoms with E-state index in [1.54, 1.807) is 20.2 Å². The van der Waals surface area contributed by atoms with Crippen molar-refractivity contribution in [1.29, 1.82) is 0 Å². The number of anilines is 1. The average molecular weight is 480 g/mol. The molecule has 178 valence electrons. The lowest BCUT2D eigenvalue weighted by Crippen LogP contribution is -2.49. The first-order chi connectivity index (χ1) is 16.2. The van der Waals surface area contributed by atoms with E-state index in [0.717, 1.165) is 36.1 Å². The van der Waals surface area contributed by atoms with Gasteiger partial charge in [0.05, 0.1) is 0 Å². The average Bonchev–Trinajstić information content (AvgIpc) is 3.39. The summed E-state index contributed by atoms with van der Waals surface area (Å²) in [6, 6.07) is 6.02. The van der Waals surface area contributed by atoms with Crippen molar-refractivity contribution in [3.63, 3.8) is 0 Å². The Hall–Kier alpha value is -2.80. The maximum Gasteiger partial charge on any atom is 0.293 e. The molecule has 2 aliphatic heterocycles. The number of nitrogens with one attached hydrogen (secondary N) is 1. The van der Waals surface area contributed by atoms with Gasteiger partial charge in [-0.25, -0.2) is 0 Å². The molecule has 0 radical (unpaired) electrons. The summed E-state index contributed by atoms with van der Waals surface area (Å²) in [7, 11) is -0.177. The van der Waals surface area contributed by atoms with Gasteiger partial charge in [-0.3, -0.25) is 4.79 Å². The van der Waals surface area contributed by atoms with E-state index in [2.05, 4.69) is 27.3 Å². The number of carbonyl (C=O) groups is 1. The summed E-state index contributed by atoms with van der Waals surface area (Å²) in [5.41, 5.74) is 4.86. The minimum absolute atomic E-state index is 0.0330. The zero-order chi connectivity index (χ0) is 24.1. The Bertz CT molecular complexity index is 1270. The molecular weight excluding hydrogens is 450 g/mol. The minimum Gasteiger partial charge on any atom is -0.361 e. The molecule has 2 fully saturated rings. The first-order valence-electron chi connectivity index (χ1n) is 11.7. The summed E-state index contributed by atoms with van der Waals surface area (Å²) < 4.78 is 27.5. The van der Waals surface area contributed by atoms with Crippen LogP contribution in [0.4, 0.5) is 5.69 Å². The van der Waals surface area contributed by atoms with Crippen molar-refractivity contribution in [2.45, 2.75) is 44.4 Å². The second-order valence-corrected chi connectivity index (χ2v) is 12.0. The Morgan fingerprint density at radius 1 is 1.18 bits per heavy atom. The summed E-state index contributed by atoms with van der Waals surface area (Å²) in [6.07, 6.45) is 10.1. The molecule has 0 bridgehead atoms. The summed E-state index contributed by atoms with van der Waals surface area (Å²) in [6.45, 7) is 7.93. The van der Waals surface area contributed by atoms with Crippen LogP contribution in [0.5, 0.6) is 0 Å². The van der Waals surface area contributed by atoms with E-state index in [1.807, 2.05) is 12.1 Å². The van der Waals surface area contributed by atoms with Gasteiger partial charge < -0.3 is 10.2 Å². The fraction of sp³-hybridized carbons (Fsp3) is 0.480. The quantitative estimate of drug-likeness (QED) is 0.667. The zero-order valence-corrected chi connectivity index (χ0v) is 20.4. The van der Waals surface area contributed by atoms with Gasteiger partial charge in [0.2, 0.25) is 0 Å². The third kappa shape index (κ3) is 4.22. The minimum atomic E-state index is -3.40. The predicted molar refractivity (Wildman–Crippen MR) is 132 cm³/mol. The fourth-order valence-corrected chi connectivity index (χ4v) is 6.36. The maximum atomic E-state index is 12.9. The molecule has 1 N–H and O–H groups in total. The van der Waals surface area contributed by atoms with Crippen LogP contribution in [0.2, 0.25) is 0 Å². The molecule has 5 rings (SSSR count). The molecule has 0 atom stereocenters. The molecule has 1 aromatic rings. The molecule has 2 aliphatic carbocycles. The Morgan fingerprint density at radius 2 is 1.91 bits per heavy atom. The standard InChI is InChI=1S/C25H29N5O3S/c1-26-23-7-6-22(27-23)24(31)28-21-5-4-18(19-15-29(2)34(32,33)30(3)16-19)14-20(21)17-8-10-25(11-9-17)12-13-25/h4-5,7-8,14,19H,6,9-13,15-16H2,2-3H3,(H,28,31). The predicted octanol–water partition coefficient (Wildman–Crippen LogP) is 3.78. The molecule has 1 saturated heterocycles. The Morgan fingerprint density at radius 3 is 2.50 bits per heavy atom. The van der Waals surface area contributed by atoms with Gasteiger partial charge in [-0.1, -0.05) is 24.8 Å². The van der Waals surface area contributed by atoms with Crippen LogP contribution >= 0.6 is 0 Å². The Labute approximate surface area is 201 Å². The van der Waals surface area contributed by atoms with Crippen molar-refractivity contribution < 1.29 is 13.2 Å². The number of amides is 1. The second kappa shape index (κ2) is 8.45. The molecule has 4 aliphatic rings. The molecule has 2 heterocycles. The number of allylic oxidation sites excluding steroid dienone is 3. The zero-order valence-electron chi connectivity index (χ0n) is 19.5. The normalized spacial score (nSPS) is 24.2. The lowest BCUT2D eigenvalue weighted by molar-refractivity contribution is -0.110. The molecule has 8 nitrogen and oxygen atoms in total. The third-order valence-electron chi connectivity index (χ3n) is 7.62. The maximum absolute atomic E-state index is 12.9. The largest absolute Gasteiger partial charge is 0.361 e. The second-order valence-electron chi connectivity index (χ2n) is 9.90. The van der Waals surface area contributed by atoms with E-state index in [9.17, 15) is 13.2 Å². The van der Waals surface area contributed by atoms with Gasteiger partial charge in [0.15, 0.2) is 5.71 Å². The van der Waals surface area contributed by atoms with E-state index in [0.29, 0.717) is 30.6 Å². The van der Waals surface area contributed by atoms with Gasteiger partial charge >= 0.3 is 0 Å². The van der Waals surface area contributed by atoms with Gasteiger partial charge in [-0.15, -0.1) is 4.99 Å². The number of hydrogen-bond acceptors (Lipinski definition) is 4. The molecule has 1 amide bonds. The lowest BCUT2D eigenvalue weighted by Gasteiger charge is -2.36. The number of hydrogen-bond donors (Lipinski definition) is 1. The van der Waals surface area contributed by atoms with Crippen LogP contribution in [0.1, 0.15) is 55.6 Å². The molecule has 0 aromatic heterocycles. The van der Waals surface area contributed by atoms with Crippen LogP contribution in [-0.2, 0) is 15.0 Å². The highest BCUT2D eigenvalue weighted by Gasteiger charge is 2.43. The molecule has 1 spiro atoms. The van der Waals surface area contributed by atoms with Gasteiger partial charge in [-0.05, 0) is 60.8 Å². The fourth-order valence-electron chi connectivity index (χ4n) is 5.15. The summed E-state index contributed by atoms with van der Waals surface area (Å²) in [5.74, 6) is -0.00115. The molecule has 34 heavy (non-hydrogen) atoms. The highest BCUT2D eigenvalue weighted by Crippen LogP contribution is 2.56. The van der Waals surface area contributed by atoms with Crippen molar-refractivity contribution in [3.8, 4) is 0 Å². The SMILES string of the molecule is [C-]#[N+]C1=CCC(C(=O)Nc2ccc(C3CN(C)S(=O)(=O)N(C)C3)cc2C2=CCC3(CC2)CC3)=N1. The van der Waals surface area contributed by atoms with Gasteiger partial charge in [0, 0.05) is 50.8 Å². The van der Waals surface area contributed by atoms with E-state index in [1.165, 1.54) is 27.0 Å². The van der Waals surface area contributed by atoms with E-state index < -0.39 is 10.2 Å². The lowest BCUT2D eigenvalue weighted by atomic mass is 9.83. The van der Waals surface area contributed by atoms with Crippen LogP contribution in [0.3, 0.4) is 0 Å². The number of nitrogens with zero attached hydrogens (tertiary/aromatic N) is 4. The van der Waals surface area contributed by atoms with Gasteiger partial charge in [0.1, 0.15) is 0 Å².